The second-order valence-corrected chi connectivity index (χ2v) is 8.87. The van der Waals surface area contributed by atoms with Crippen LogP contribution in [0.25, 0.3) is 0 Å². The summed E-state index contributed by atoms with van der Waals surface area (Å²) in [6, 6.07) is 14.3. The van der Waals surface area contributed by atoms with Gasteiger partial charge < -0.3 is 14.5 Å². The van der Waals surface area contributed by atoms with Gasteiger partial charge in [-0.15, -0.1) is 0 Å². The standard InChI is InChI=1S/C25H24ClFN4O2/c26-20-5-6-22(21(27)13-20)33-24-14-23(28-16-29-24)30-10-8-18(9-11-30)25(32)31-12-7-17-3-1-2-4-19(17)15-31/h1-6,13-14,16,18H,7-12,15H2. The Morgan fingerprint density at radius 1 is 1.03 bits per heavy atom. The molecule has 0 aliphatic carbocycles. The van der Waals surface area contributed by atoms with Gasteiger partial charge in [0.25, 0.3) is 0 Å². The van der Waals surface area contributed by atoms with Gasteiger partial charge >= 0.3 is 0 Å². The van der Waals surface area contributed by atoms with Crippen LogP contribution in [0.15, 0.2) is 54.9 Å². The average Bonchev–Trinajstić information content (AvgIpc) is 2.85. The van der Waals surface area contributed by atoms with Crippen LogP contribution in [0, 0.1) is 11.7 Å². The van der Waals surface area contributed by atoms with Crippen molar-refractivity contribution in [1.82, 2.24) is 14.9 Å². The molecule has 33 heavy (non-hydrogen) atoms. The van der Waals surface area contributed by atoms with Gasteiger partial charge in [-0.05, 0) is 48.6 Å². The van der Waals surface area contributed by atoms with Crippen LogP contribution in [0.1, 0.15) is 24.0 Å². The quantitative estimate of drug-likeness (QED) is 0.549. The maximum absolute atomic E-state index is 14.0. The highest BCUT2D eigenvalue weighted by Crippen LogP contribution is 2.29. The number of piperidine rings is 1. The number of hydrogen-bond donors (Lipinski definition) is 0. The van der Waals surface area contributed by atoms with Gasteiger partial charge in [-0.25, -0.2) is 14.4 Å². The molecule has 0 spiro atoms. The zero-order valence-corrected chi connectivity index (χ0v) is 18.8. The first-order valence-corrected chi connectivity index (χ1v) is 11.5. The van der Waals surface area contributed by atoms with Crippen molar-refractivity contribution in [3.63, 3.8) is 0 Å². The lowest BCUT2D eigenvalue weighted by Crippen LogP contribution is -2.44. The molecule has 0 atom stereocenters. The summed E-state index contributed by atoms with van der Waals surface area (Å²) in [5.74, 6) is 0.721. The summed E-state index contributed by atoms with van der Waals surface area (Å²) in [4.78, 5) is 25.7. The molecule has 3 aromatic rings. The van der Waals surface area contributed by atoms with E-state index in [1.807, 2.05) is 11.0 Å². The Labute approximate surface area is 197 Å². The largest absolute Gasteiger partial charge is 0.436 e. The fourth-order valence-corrected chi connectivity index (χ4v) is 4.69. The molecule has 170 valence electrons. The second-order valence-electron chi connectivity index (χ2n) is 8.43. The van der Waals surface area contributed by atoms with Crippen molar-refractivity contribution in [2.45, 2.75) is 25.8 Å². The number of hydrogen-bond acceptors (Lipinski definition) is 5. The van der Waals surface area contributed by atoms with Gasteiger partial charge in [-0.1, -0.05) is 35.9 Å². The molecule has 1 amide bonds. The van der Waals surface area contributed by atoms with E-state index in [1.54, 1.807) is 12.1 Å². The van der Waals surface area contributed by atoms with Gasteiger partial charge in [0.1, 0.15) is 12.1 Å². The van der Waals surface area contributed by atoms with Crippen LogP contribution < -0.4 is 9.64 Å². The number of carbonyl (C=O) groups is 1. The molecule has 8 heteroatoms. The number of nitrogens with zero attached hydrogens (tertiary/aromatic N) is 4. The van der Waals surface area contributed by atoms with Crippen LogP contribution in [-0.2, 0) is 17.8 Å². The molecule has 0 radical (unpaired) electrons. The minimum atomic E-state index is -0.553. The van der Waals surface area contributed by atoms with E-state index in [4.69, 9.17) is 16.3 Å². The van der Waals surface area contributed by atoms with E-state index < -0.39 is 5.82 Å². The predicted molar refractivity (Wildman–Crippen MR) is 124 cm³/mol. The molecule has 1 aromatic heterocycles. The summed E-state index contributed by atoms with van der Waals surface area (Å²) in [6.07, 6.45) is 3.85. The van der Waals surface area contributed by atoms with Crippen molar-refractivity contribution in [3.05, 3.63) is 76.8 Å². The Balaban J connectivity index is 1.20. The highest BCUT2D eigenvalue weighted by atomic mass is 35.5. The fourth-order valence-electron chi connectivity index (χ4n) is 4.53. The van der Waals surface area contributed by atoms with Gasteiger partial charge in [0.05, 0.1) is 0 Å². The van der Waals surface area contributed by atoms with Gasteiger partial charge in [-0.3, -0.25) is 4.79 Å². The van der Waals surface area contributed by atoms with Crippen LogP contribution in [0.5, 0.6) is 11.6 Å². The third kappa shape index (κ3) is 4.78. The van der Waals surface area contributed by atoms with Crippen LogP contribution in [0.4, 0.5) is 10.2 Å². The third-order valence-electron chi connectivity index (χ3n) is 6.35. The molecular weight excluding hydrogens is 443 g/mol. The molecule has 1 fully saturated rings. The number of rotatable bonds is 4. The summed E-state index contributed by atoms with van der Waals surface area (Å²) in [5.41, 5.74) is 2.59. The molecule has 0 N–H and O–H groups in total. The Bertz CT molecular complexity index is 1170. The van der Waals surface area contributed by atoms with E-state index in [-0.39, 0.29) is 23.5 Å². The molecule has 0 unspecified atom stereocenters. The maximum Gasteiger partial charge on any atom is 0.226 e. The van der Waals surface area contributed by atoms with E-state index in [9.17, 15) is 9.18 Å². The minimum absolute atomic E-state index is 0.0206. The van der Waals surface area contributed by atoms with Crippen LogP contribution in [-0.4, -0.2) is 40.4 Å². The van der Waals surface area contributed by atoms with E-state index in [0.29, 0.717) is 30.5 Å². The monoisotopic (exact) mass is 466 g/mol. The SMILES string of the molecule is O=C(C1CCN(c2cc(Oc3ccc(Cl)cc3F)ncn2)CC1)N1CCc2ccccc2C1. The molecule has 0 bridgehead atoms. The molecule has 5 rings (SSSR count). The molecule has 1 saturated heterocycles. The molecule has 2 aromatic carbocycles. The van der Waals surface area contributed by atoms with E-state index >= 15 is 0 Å². The third-order valence-corrected chi connectivity index (χ3v) is 6.58. The topological polar surface area (TPSA) is 58.6 Å². The van der Waals surface area contributed by atoms with E-state index in [2.05, 4.69) is 33.1 Å². The summed E-state index contributed by atoms with van der Waals surface area (Å²) < 4.78 is 19.6. The average molecular weight is 467 g/mol. The lowest BCUT2D eigenvalue weighted by Gasteiger charge is -2.36. The van der Waals surface area contributed by atoms with E-state index in [0.717, 1.165) is 25.8 Å². The highest BCUT2D eigenvalue weighted by molar-refractivity contribution is 6.30. The highest BCUT2D eigenvalue weighted by Gasteiger charge is 2.30. The minimum Gasteiger partial charge on any atom is -0.436 e. The first kappa shape index (κ1) is 21.6. The van der Waals surface area contributed by atoms with Crippen molar-refractivity contribution >= 4 is 23.3 Å². The number of halogens is 2. The van der Waals surface area contributed by atoms with Crippen LogP contribution in [0.2, 0.25) is 5.02 Å². The van der Waals surface area contributed by atoms with Crippen molar-refractivity contribution in [2.24, 2.45) is 5.92 Å². The molecular formula is C25H24ClFN4O2. The zero-order chi connectivity index (χ0) is 22.8. The first-order valence-electron chi connectivity index (χ1n) is 11.1. The Morgan fingerprint density at radius 3 is 2.61 bits per heavy atom. The number of carbonyl (C=O) groups excluding carboxylic acids is 1. The van der Waals surface area contributed by atoms with Crippen molar-refractivity contribution < 1.29 is 13.9 Å². The van der Waals surface area contributed by atoms with Crippen molar-refractivity contribution in [1.29, 1.82) is 0 Å². The molecule has 2 aliphatic heterocycles. The molecule has 2 aliphatic rings. The number of anilines is 1. The number of ether oxygens (including phenoxy) is 1. The summed E-state index contributed by atoms with van der Waals surface area (Å²) in [7, 11) is 0. The molecule has 3 heterocycles. The lowest BCUT2D eigenvalue weighted by molar-refractivity contribution is -0.137. The number of amides is 1. The lowest BCUT2D eigenvalue weighted by atomic mass is 9.93. The normalized spacial score (nSPS) is 16.4. The number of benzene rings is 2. The van der Waals surface area contributed by atoms with Gasteiger partial charge in [-0.2, -0.15) is 0 Å². The van der Waals surface area contributed by atoms with Crippen LogP contribution >= 0.6 is 11.6 Å². The van der Waals surface area contributed by atoms with Gasteiger partial charge in [0.2, 0.25) is 11.8 Å². The maximum atomic E-state index is 14.0. The number of fused-ring (bicyclic) bond motifs is 1. The van der Waals surface area contributed by atoms with Gasteiger partial charge in [0.15, 0.2) is 11.6 Å². The Morgan fingerprint density at radius 2 is 1.82 bits per heavy atom. The number of aromatic nitrogens is 2. The van der Waals surface area contributed by atoms with Gasteiger partial charge in [0, 0.05) is 43.2 Å². The summed E-state index contributed by atoms with van der Waals surface area (Å²) in [6.45, 7) is 2.91. The second kappa shape index (κ2) is 9.35. The van der Waals surface area contributed by atoms with E-state index in [1.165, 1.54) is 29.6 Å². The predicted octanol–water partition coefficient (Wildman–Crippen LogP) is 4.86. The summed E-state index contributed by atoms with van der Waals surface area (Å²) >= 11 is 5.80. The molecule has 6 nitrogen and oxygen atoms in total. The Hall–Kier alpha value is -3.19. The summed E-state index contributed by atoms with van der Waals surface area (Å²) in [5, 5.41) is 0.300. The smallest absolute Gasteiger partial charge is 0.226 e. The van der Waals surface area contributed by atoms with Crippen molar-refractivity contribution in [3.8, 4) is 11.6 Å². The zero-order valence-electron chi connectivity index (χ0n) is 18.1. The molecule has 0 saturated carbocycles. The Kier molecular flexibility index (Phi) is 6.13. The fraction of sp³-hybridized carbons (Fsp3) is 0.320. The first-order chi connectivity index (χ1) is 16.1. The van der Waals surface area contributed by atoms with Crippen LogP contribution in [0.3, 0.4) is 0 Å². The van der Waals surface area contributed by atoms with Crippen molar-refractivity contribution in [2.75, 3.05) is 24.5 Å².